The van der Waals surface area contributed by atoms with Crippen LogP contribution in [0, 0.1) is 12.7 Å². The number of hydrogen-bond donors (Lipinski definition) is 0. The fraction of sp³-hybridized carbons (Fsp3) is 0.182. The number of aromatic nitrogens is 2. The van der Waals surface area contributed by atoms with E-state index >= 15 is 0 Å². The van der Waals surface area contributed by atoms with Crippen LogP contribution in [0.3, 0.4) is 0 Å². The summed E-state index contributed by atoms with van der Waals surface area (Å²) in [6.07, 6.45) is 1.81. The molecule has 0 bridgehead atoms. The summed E-state index contributed by atoms with van der Waals surface area (Å²) < 4.78 is 19.2. The minimum atomic E-state index is -0.556. The number of carbonyl (C=O) groups is 2. The Balaban J connectivity index is 1.46. The van der Waals surface area contributed by atoms with Gasteiger partial charge in [-0.2, -0.15) is 4.98 Å². The number of urea groups is 1. The Morgan fingerprint density at radius 1 is 1.16 bits per heavy atom. The summed E-state index contributed by atoms with van der Waals surface area (Å²) in [5.74, 6) is -0.224. The van der Waals surface area contributed by atoms with Gasteiger partial charge in [-0.1, -0.05) is 41.1 Å². The average molecular weight is 436 g/mol. The molecule has 1 fully saturated rings. The van der Waals surface area contributed by atoms with Crippen molar-refractivity contribution in [2.24, 2.45) is 0 Å². The molecule has 2 aliphatic heterocycles. The van der Waals surface area contributed by atoms with E-state index < -0.39 is 23.1 Å². The standard InChI is InChI=1S/C22H17FN4O3S/c1-13-4-2-5-14(10-13)20-24-18(30-25-20)12-26-17-8-9-31-19(17)21(28)27(22(26)29)16-7-3-6-15(23)11-16/h2-11,17,19H,12H2,1H3. The first-order valence-electron chi connectivity index (χ1n) is 9.63. The van der Waals surface area contributed by atoms with Crippen molar-refractivity contribution in [3.8, 4) is 11.4 Å². The normalized spacial score (nSPS) is 20.5. The summed E-state index contributed by atoms with van der Waals surface area (Å²) in [6.45, 7) is 2.00. The van der Waals surface area contributed by atoms with Crippen LogP contribution in [0.1, 0.15) is 11.5 Å². The van der Waals surface area contributed by atoms with Gasteiger partial charge in [0.2, 0.25) is 11.7 Å². The lowest BCUT2D eigenvalue weighted by molar-refractivity contribution is -0.119. The molecule has 156 valence electrons. The lowest BCUT2D eigenvalue weighted by atomic mass is 10.1. The van der Waals surface area contributed by atoms with Crippen molar-refractivity contribution in [2.45, 2.75) is 24.8 Å². The second-order valence-electron chi connectivity index (χ2n) is 7.32. The number of hydrogen-bond acceptors (Lipinski definition) is 6. The van der Waals surface area contributed by atoms with Crippen LogP contribution in [0.4, 0.5) is 14.9 Å². The quantitative estimate of drug-likeness (QED) is 0.611. The van der Waals surface area contributed by atoms with E-state index in [9.17, 15) is 14.0 Å². The maximum atomic E-state index is 13.8. The number of rotatable bonds is 4. The second-order valence-corrected chi connectivity index (χ2v) is 8.37. The van der Waals surface area contributed by atoms with Crippen LogP contribution in [-0.2, 0) is 11.3 Å². The fourth-order valence-electron chi connectivity index (χ4n) is 3.73. The molecule has 2 aromatic carbocycles. The van der Waals surface area contributed by atoms with Gasteiger partial charge in [0.1, 0.15) is 17.6 Å². The SMILES string of the molecule is Cc1cccc(-c2noc(CN3C(=O)N(c4cccc(F)c4)C(=O)C4SC=CC43)n2)c1. The number of nitrogens with zero attached hydrogens (tertiary/aromatic N) is 4. The van der Waals surface area contributed by atoms with E-state index in [-0.39, 0.29) is 24.0 Å². The second kappa shape index (κ2) is 7.66. The molecule has 1 aromatic heterocycles. The molecule has 0 radical (unpaired) electrons. The summed E-state index contributed by atoms with van der Waals surface area (Å²) >= 11 is 1.33. The van der Waals surface area contributed by atoms with Gasteiger partial charge < -0.3 is 9.42 Å². The van der Waals surface area contributed by atoms with Crippen molar-refractivity contribution in [1.29, 1.82) is 0 Å². The highest BCUT2D eigenvalue weighted by Crippen LogP contribution is 2.37. The van der Waals surface area contributed by atoms with E-state index in [2.05, 4.69) is 10.1 Å². The van der Waals surface area contributed by atoms with E-state index in [1.54, 1.807) is 5.41 Å². The molecule has 5 rings (SSSR count). The number of imide groups is 1. The van der Waals surface area contributed by atoms with Gasteiger partial charge in [-0.05, 0) is 36.6 Å². The third-order valence-electron chi connectivity index (χ3n) is 5.19. The molecule has 3 heterocycles. The van der Waals surface area contributed by atoms with Gasteiger partial charge in [0.25, 0.3) is 5.91 Å². The van der Waals surface area contributed by atoms with Crippen LogP contribution < -0.4 is 4.90 Å². The summed E-state index contributed by atoms with van der Waals surface area (Å²) in [7, 11) is 0. The lowest BCUT2D eigenvalue weighted by Gasteiger charge is -2.40. The van der Waals surface area contributed by atoms with Crippen LogP contribution in [0.2, 0.25) is 0 Å². The number of halogens is 1. The number of carbonyl (C=O) groups excluding carboxylic acids is 2. The number of benzene rings is 2. The zero-order valence-electron chi connectivity index (χ0n) is 16.4. The fourth-order valence-corrected chi connectivity index (χ4v) is 4.77. The molecule has 0 N–H and O–H groups in total. The molecule has 2 unspecified atom stereocenters. The predicted molar refractivity (Wildman–Crippen MR) is 114 cm³/mol. The van der Waals surface area contributed by atoms with Crippen molar-refractivity contribution < 1.29 is 18.5 Å². The smallest absolute Gasteiger partial charge is 0.332 e. The first-order chi connectivity index (χ1) is 15.0. The summed E-state index contributed by atoms with van der Waals surface area (Å²) in [4.78, 5) is 33.2. The number of fused-ring (bicyclic) bond motifs is 1. The molecule has 0 saturated carbocycles. The molecule has 9 heteroatoms. The van der Waals surface area contributed by atoms with Gasteiger partial charge in [0.05, 0.1) is 11.7 Å². The zero-order chi connectivity index (χ0) is 21.5. The molecule has 7 nitrogen and oxygen atoms in total. The van der Waals surface area contributed by atoms with Crippen molar-refractivity contribution >= 4 is 29.4 Å². The Bertz CT molecular complexity index is 1210. The highest BCUT2D eigenvalue weighted by molar-refractivity contribution is 8.03. The topological polar surface area (TPSA) is 79.5 Å². The van der Waals surface area contributed by atoms with Crippen molar-refractivity contribution in [3.05, 3.63) is 77.3 Å². The van der Waals surface area contributed by atoms with Crippen molar-refractivity contribution in [3.63, 3.8) is 0 Å². The van der Waals surface area contributed by atoms with Crippen LogP contribution in [0.25, 0.3) is 11.4 Å². The molecule has 3 amide bonds. The van der Waals surface area contributed by atoms with Crippen molar-refractivity contribution in [2.75, 3.05) is 4.90 Å². The number of anilines is 1. The van der Waals surface area contributed by atoms with Gasteiger partial charge >= 0.3 is 6.03 Å². The maximum Gasteiger partial charge on any atom is 0.332 e. The summed E-state index contributed by atoms with van der Waals surface area (Å²) in [6, 6.07) is 12.1. The molecule has 3 aromatic rings. The minimum Gasteiger partial charge on any atom is -0.337 e. The largest absolute Gasteiger partial charge is 0.337 e. The lowest BCUT2D eigenvalue weighted by Crippen LogP contribution is -2.61. The van der Waals surface area contributed by atoms with Gasteiger partial charge in [-0.3, -0.25) is 4.79 Å². The highest BCUT2D eigenvalue weighted by atomic mass is 32.2. The minimum absolute atomic E-state index is 0.0306. The number of amides is 3. The van der Waals surface area contributed by atoms with Crippen molar-refractivity contribution in [1.82, 2.24) is 15.0 Å². The first kappa shape index (κ1) is 19.5. The molecule has 0 spiro atoms. The van der Waals surface area contributed by atoms with E-state index in [4.69, 9.17) is 4.52 Å². The third-order valence-corrected chi connectivity index (χ3v) is 6.28. The van der Waals surface area contributed by atoms with E-state index in [0.29, 0.717) is 5.82 Å². The summed E-state index contributed by atoms with van der Waals surface area (Å²) in [5.41, 5.74) is 2.07. The maximum absolute atomic E-state index is 13.8. The average Bonchev–Trinajstić information content (AvgIpc) is 3.41. The Morgan fingerprint density at radius 2 is 2.00 bits per heavy atom. The summed E-state index contributed by atoms with van der Waals surface area (Å²) in [5, 5.41) is 5.32. The van der Waals surface area contributed by atoms with Crippen LogP contribution in [0.5, 0.6) is 0 Å². The zero-order valence-corrected chi connectivity index (χ0v) is 17.3. The van der Waals surface area contributed by atoms with Crippen LogP contribution >= 0.6 is 11.8 Å². The van der Waals surface area contributed by atoms with E-state index in [1.807, 2.05) is 37.3 Å². The van der Waals surface area contributed by atoms with Gasteiger partial charge in [-0.25, -0.2) is 14.1 Å². The van der Waals surface area contributed by atoms with Gasteiger partial charge in [0, 0.05) is 5.56 Å². The van der Waals surface area contributed by atoms with E-state index in [1.165, 1.54) is 40.9 Å². The third kappa shape index (κ3) is 3.50. The van der Waals surface area contributed by atoms with Crippen LogP contribution in [-0.4, -0.2) is 38.3 Å². The molecule has 2 atom stereocenters. The Kier molecular flexibility index (Phi) is 4.82. The molecule has 2 aliphatic rings. The Labute approximate surface area is 181 Å². The van der Waals surface area contributed by atoms with Crippen LogP contribution in [0.15, 0.2) is 64.5 Å². The Morgan fingerprint density at radius 3 is 2.81 bits per heavy atom. The first-order valence-corrected chi connectivity index (χ1v) is 10.6. The Hall–Kier alpha value is -3.46. The molecular weight excluding hydrogens is 419 g/mol. The molecular formula is C22H17FN4O3S. The predicted octanol–water partition coefficient (Wildman–Crippen LogP) is 4.15. The van der Waals surface area contributed by atoms with Gasteiger partial charge in [0.15, 0.2) is 0 Å². The van der Waals surface area contributed by atoms with E-state index in [0.717, 1.165) is 16.0 Å². The molecule has 0 aliphatic carbocycles. The van der Waals surface area contributed by atoms with Gasteiger partial charge in [-0.15, -0.1) is 11.8 Å². The monoisotopic (exact) mass is 436 g/mol. The number of thioether (sulfide) groups is 1. The molecule has 1 saturated heterocycles. The highest BCUT2D eigenvalue weighted by Gasteiger charge is 2.48. The number of aryl methyl sites for hydroxylation is 1. The molecule has 31 heavy (non-hydrogen) atoms.